The quantitative estimate of drug-likeness (QED) is 0.696. The summed E-state index contributed by atoms with van der Waals surface area (Å²) in [6.45, 7) is 4.70. The van der Waals surface area contributed by atoms with Crippen molar-refractivity contribution in [3.05, 3.63) is 0 Å². The van der Waals surface area contributed by atoms with Gasteiger partial charge in [0.05, 0.1) is 12.6 Å². The van der Waals surface area contributed by atoms with Crippen LogP contribution in [0.2, 0.25) is 0 Å². The molecule has 0 rings (SSSR count). The largest absolute Gasteiger partial charge is 0.349 e. The van der Waals surface area contributed by atoms with Gasteiger partial charge in [0.1, 0.15) is 0 Å². The Morgan fingerprint density at radius 3 is 2.23 bits per heavy atom. The molecule has 0 heterocycles. The molecule has 0 radical (unpaired) electrons. The Hall–Kier alpha value is -0.710. The number of nitrogens with two attached hydrogens (primary N) is 1. The molecule has 0 saturated carbocycles. The standard InChI is InChI=1S/C8H16F2N2O/c1-8(2,3)6(11)7(13)12-4-5(9)10/h5-6H,4,11H2,1-3H3,(H,12,13). The molecular formula is C8H16F2N2O. The van der Waals surface area contributed by atoms with E-state index >= 15 is 0 Å². The Balaban J connectivity index is 3.98. The number of alkyl halides is 2. The summed E-state index contributed by atoms with van der Waals surface area (Å²) >= 11 is 0. The van der Waals surface area contributed by atoms with Crippen LogP contribution in [0.25, 0.3) is 0 Å². The first-order valence-electron chi connectivity index (χ1n) is 4.06. The van der Waals surface area contributed by atoms with Gasteiger partial charge in [-0.1, -0.05) is 20.8 Å². The molecule has 0 aliphatic carbocycles. The van der Waals surface area contributed by atoms with Gasteiger partial charge in [-0.15, -0.1) is 0 Å². The van der Waals surface area contributed by atoms with Crippen LogP contribution in [-0.2, 0) is 4.79 Å². The van der Waals surface area contributed by atoms with Gasteiger partial charge in [0.15, 0.2) is 0 Å². The summed E-state index contributed by atoms with van der Waals surface area (Å²) in [5.41, 5.74) is 5.11. The van der Waals surface area contributed by atoms with Gasteiger partial charge in [0.25, 0.3) is 6.43 Å². The fourth-order valence-electron chi connectivity index (χ4n) is 0.681. The van der Waals surface area contributed by atoms with E-state index in [2.05, 4.69) is 5.32 Å². The van der Waals surface area contributed by atoms with Gasteiger partial charge < -0.3 is 11.1 Å². The van der Waals surface area contributed by atoms with Crippen molar-refractivity contribution in [1.82, 2.24) is 5.32 Å². The first kappa shape index (κ1) is 12.3. The van der Waals surface area contributed by atoms with E-state index in [0.29, 0.717) is 0 Å². The van der Waals surface area contributed by atoms with Gasteiger partial charge in [-0.05, 0) is 5.41 Å². The van der Waals surface area contributed by atoms with Crippen LogP contribution in [0.1, 0.15) is 20.8 Å². The summed E-state index contributed by atoms with van der Waals surface area (Å²) < 4.78 is 23.4. The maximum atomic E-state index is 11.7. The molecule has 0 aromatic heterocycles. The number of amides is 1. The summed E-state index contributed by atoms with van der Waals surface area (Å²) in [4.78, 5) is 11.1. The minimum Gasteiger partial charge on any atom is -0.349 e. The molecule has 0 aromatic carbocycles. The number of halogens is 2. The Bertz CT molecular complexity index is 177. The molecule has 1 amide bonds. The third-order valence-corrected chi connectivity index (χ3v) is 1.65. The van der Waals surface area contributed by atoms with Gasteiger partial charge >= 0.3 is 0 Å². The van der Waals surface area contributed by atoms with E-state index in [1.807, 2.05) is 0 Å². The van der Waals surface area contributed by atoms with Crippen LogP contribution in [0, 0.1) is 5.41 Å². The zero-order chi connectivity index (χ0) is 10.6. The molecule has 5 heteroatoms. The van der Waals surface area contributed by atoms with Crippen molar-refractivity contribution in [2.45, 2.75) is 33.2 Å². The zero-order valence-electron chi connectivity index (χ0n) is 8.10. The van der Waals surface area contributed by atoms with Crippen LogP contribution < -0.4 is 11.1 Å². The van der Waals surface area contributed by atoms with Gasteiger partial charge in [-0.25, -0.2) is 8.78 Å². The molecular weight excluding hydrogens is 178 g/mol. The highest BCUT2D eigenvalue weighted by molar-refractivity contribution is 5.82. The summed E-state index contributed by atoms with van der Waals surface area (Å²) in [6.07, 6.45) is -2.53. The topological polar surface area (TPSA) is 55.1 Å². The van der Waals surface area contributed by atoms with E-state index in [9.17, 15) is 13.6 Å². The van der Waals surface area contributed by atoms with Crippen LogP contribution in [0.4, 0.5) is 8.78 Å². The summed E-state index contributed by atoms with van der Waals surface area (Å²) in [5.74, 6) is -0.534. The molecule has 0 aliphatic heterocycles. The normalized spacial score (nSPS) is 14.4. The fourth-order valence-corrected chi connectivity index (χ4v) is 0.681. The summed E-state index contributed by atoms with van der Waals surface area (Å²) in [7, 11) is 0. The molecule has 3 N–H and O–H groups in total. The van der Waals surface area contributed by atoms with E-state index in [-0.39, 0.29) is 0 Å². The molecule has 1 atom stereocenters. The second-order valence-electron chi connectivity index (χ2n) is 3.98. The highest BCUT2D eigenvalue weighted by Crippen LogP contribution is 2.17. The molecule has 0 saturated heterocycles. The zero-order valence-corrected chi connectivity index (χ0v) is 8.10. The Labute approximate surface area is 76.7 Å². The van der Waals surface area contributed by atoms with Crippen molar-refractivity contribution in [2.24, 2.45) is 11.1 Å². The number of carbonyl (C=O) groups excluding carboxylic acids is 1. The van der Waals surface area contributed by atoms with Gasteiger partial charge in [-0.2, -0.15) is 0 Å². The van der Waals surface area contributed by atoms with Crippen LogP contribution >= 0.6 is 0 Å². The molecule has 78 valence electrons. The first-order valence-corrected chi connectivity index (χ1v) is 4.06. The molecule has 0 bridgehead atoms. The maximum absolute atomic E-state index is 11.7. The predicted molar refractivity (Wildman–Crippen MR) is 46.4 cm³/mol. The third kappa shape index (κ3) is 4.77. The van der Waals surface area contributed by atoms with Crippen LogP contribution in [0.5, 0.6) is 0 Å². The molecule has 13 heavy (non-hydrogen) atoms. The lowest BCUT2D eigenvalue weighted by Gasteiger charge is -2.25. The maximum Gasteiger partial charge on any atom is 0.255 e. The van der Waals surface area contributed by atoms with Crippen LogP contribution in [0.15, 0.2) is 0 Å². The lowest BCUT2D eigenvalue weighted by atomic mass is 9.87. The van der Waals surface area contributed by atoms with Crippen molar-refractivity contribution in [3.63, 3.8) is 0 Å². The second-order valence-corrected chi connectivity index (χ2v) is 3.98. The van der Waals surface area contributed by atoms with E-state index < -0.39 is 30.3 Å². The molecule has 0 aliphatic rings. The summed E-state index contributed by atoms with van der Waals surface area (Å²) in [5, 5.41) is 2.07. The number of carbonyl (C=O) groups is 1. The van der Waals surface area contributed by atoms with Crippen molar-refractivity contribution >= 4 is 5.91 Å². The molecule has 0 spiro atoms. The van der Waals surface area contributed by atoms with E-state index in [1.165, 1.54) is 0 Å². The Morgan fingerprint density at radius 2 is 1.92 bits per heavy atom. The number of rotatable bonds is 3. The molecule has 0 fully saturated rings. The lowest BCUT2D eigenvalue weighted by Crippen LogP contribution is -2.49. The molecule has 3 nitrogen and oxygen atoms in total. The van der Waals surface area contributed by atoms with Crippen LogP contribution in [-0.4, -0.2) is 24.9 Å². The summed E-state index contributed by atoms with van der Waals surface area (Å²) in [6, 6.07) is -0.758. The smallest absolute Gasteiger partial charge is 0.255 e. The van der Waals surface area contributed by atoms with E-state index in [1.54, 1.807) is 20.8 Å². The van der Waals surface area contributed by atoms with E-state index in [0.717, 1.165) is 0 Å². The molecule has 1 unspecified atom stereocenters. The lowest BCUT2D eigenvalue weighted by molar-refractivity contribution is -0.125. The number of hydrogen-bond acceptors (Lipinski definition) is 2. The van der Waals surface area contributed by atoms with E-state index in [4.69, 9.17) is 5.73 Å². The minimum absolute atomic E-state index is 0.411. The number of hydrogen-bond donors (Lipinski definition) is 2. The third-order valence-electron chi connectivity index (χ3n) is 1.65. The Kier molecular flexibility index (Phi) is 4.26. The van der Waals surface area contributed by atoms with Crippen molar-refractivity contribution in [1.29, 1.82) is 0 Å². The molecule has 0 aromatic rings. The number of nitrogens with one attached hydrogen (secondary N) is 1. The van der Waals surface area contributed by atoms with Gasteiger partial charge in [-0.3, -0.25) is 4.79 Å². The second kappa shape index (κ2) is 4.50. The van der Waals surface area contributed by atoms with Gasteiger partial charge in [0, 0.05) is 0 Å². The average molecular weight is 194 g/mol. The van der Waals surface area contributed by atoms with Gasteiger partial charge in [0.2, 0.25) is 5.91 Å². The SMILES string of the molecule is CC(C)(C)C(N)C(=O)NCC(F)F. The fraction of sp³-hybridized carbons (Fsp3) is 0.875. The predicted octanol–water partition coefficient (Wildman–Crippen LogP) is 0.741. The first-order chi connectivity index (χ1) is 5.75. The van der Waals surface area contributed by atoms with Crippen molar-refractivity contribution < 1.29 is 13.6 Å². The highest BCUT2D eigenvalue weighted by Gasteiger charge is 2.27. The minimum atomic E-state index is -2.53. The van der Waals surface area contributed by atoms with Crippen LogP contribution in [0.3, 0.4) is 0 Å². The van der Waals surface area contributed by atoms with Crippen molar-refractivity contribution in [3.8, 4) is 0 Å². The monoisotopic (exact) mass is 194 g/mol. The highest BCUT2D eigenvalue weighted by atomic mass is 19.3. The Morgan fingerprint density at radius 1 is 1.46 bits per heavy atom. The average Bonchev–Trinajstić information content (AvgIpc) is 1.96. The van der Waals surface area contributed by atoms with Crippen molar-refractivity contribution in [2.75, 3.05) is 6.54 Å².